The zero-order chi connectivity index (χ0) is 23.4. The maximum atomic E-state index is 12.5. The fourth-order valence-electron chi connectivity index (χ4n) is 3.26. The van der Waals surface area contributed by atoms with E-state index in [2.05, 4.69) is 45.2 Å². The molecule has 0 aliphatic heterocycles. The van der Waals surface area contributed by atoms with Crippen LogP contribution in [0.15, 0.2) is 77.3 Å². The van der Waals surface area contributed by atoms with Crippen LogP contribution < -0.4 is 10.1 Å². The number of aromatic nitrogens is 3. The Morgan fingerprint density at radius 2 is 1.73 bits per heavy atom. The number of carbonyl (C=O) groups excluding carboxylic acids is 1. The predicted octanol–water partition coefficient (Wildman–Crippen LogP) is 6.29. The Morgan fingerprint density at radius 1 is 1.03 bits per heavy atom. The second kappa shape index (κ2) is 10.0. The minimum Gasteiger partial charge on any atom is -0.462 e. The first kappa shape index (κ1) is 22.7. The molecule has 0 bridgehead atoms. The highest BCUT2D eigenvalue weighted by Crippen LogP contribution is 2.27. The molecule has 1 amide bonds. The van der Waals surface area contributed by atoms with E-state index in [1.165, 1.54) is 0 Å². The van der Waals surface area contributed by atoms with Crippen molar-refractivity contribution in [3.05, 3.63) is 88.4 Å². The average Bonchev–Trinajstić information content (AvgIpc) is 3.23. The molecular formula is C26H25BrN4O2. The molecule has 3 aromatic carbocycles. The second-order valence-electron chi connectivity index (χ2n) is 8.16. The number of hydrogen-bond acceptors (Lipinski definition) is 4. The van der Waals surface area contributed by atoms with Crippen LogP contribution in [-0.2, 0) is 0 Å². The van der Waals surface area contributed by atoms with Gasteiger partial charge in [-0.25, -0.2) is 4.68 Å². The Kier molecular flexibility index (Phi) is 6.89. The van der Waals surface area contributed by atoms with Crippen molar-refractivity contribution in [1.82, 2.24) is 14.8 Å². The highest BCUT2D eigenvalue weighted by molar-refractivity contribution is 9.10. The van der Waals surface area contributed by atoms with Crippen molar-refractivity contribution in [2.75, 3.05) is 11.9 Å². The monoisotopic (exact) mass is 504 g/mol. The second-order valence-corrected chi connectivity index (χ2v) is 9.07. The lowest BCUT2D eigenvalue weighted by Crippen LogP contribution is -2.11. The molecule has 168 valence electrons. The van der Waals surface area contributed by atoms with E-state index in [-0.39, 0.29) is 5.91 Å². The molecule has 6 nitrogen and oxygen atoms in total. The SMILES string of the molecule is Cc1ccccc1-c1nc(OCC(C)C)nn1-c1ccc(NC(=O)c2ccc(Br)cc2)cc1. The normalized spacial score (nSPS) is 10.9. The van der Waals surface area contributed by atoms with Crippen molar-refractivity contribution in [3.63, 3.8) is 0 Å². The molecule has 4 aromatic rings. The van der Waals surface area contributed by atoms with E-state index < -0.39 is 0 Å². The van der Waals surface area contributed by atoms with Gasteiger partial charge in [-0.15, -0.1) is 5.10 Å². The number of nitrogens with one attached hydrogen (secondary N) is 1. The van der Waals surface area contributed by atoms with Gasteiger partial charge < -0.3 is 10.1 Å². The van der Waals surface area contributed by atoms with E-state index in [1.54, 1.807) is 16.8 Å². The third kappa shape index (κ3) is 5.49. The van der Waals surface area contributed by atoms with Crippen molar-refractivity contribution < 1.29 is 9.53 Å². The van der Waals surface area contributed by atoms with Gasteiger partial charge in [-0.3, -0.25) is 4.79 Å². The molecule has 0 atom stereocenters. The summed E-state index contributed by atoms with van der Waals surface area (Å²) < 4.78 is 8.51. The molecule has 0 fully saturated rings. The van der Waals surface area contributed by atoms with Gasteiger partial charge in [-0.05, 0) is 66.9 Å². The summed E-state index contributed by atoms with van der Waals surface area (Å²) in [7, 11) is 0. The highest BCUT2D eigenvalue weighted by atomic mass is 79.9. The van der Waals surface area contributed by atoms with Crippen LogP contribution in [0.1, 0.15) is 29.8 Å². The standard InChI is InChI=1S/C26H25BrN4O2/c1-17(2)16-33-26-29-24(23-7-5-4-6-18(23)3)31(30-26)22-14-12-21(13-15-22)28-25(32)19-8-10-20(27)11-9-19/h4-15,17H,16H2,1-3H3,(H,28,32). The quantitative estimate of drug-likeness (QED) is 0.321. The Hall–Kier alpha value is -3.45. The molecule has 0 aliphatic carbocycles. The van der Waals surface area contributed by atoms with Crippen LogP contribution in [0.3, 0.4) is 0 Å². The van der Waals surface area contributed by atoms with Crippen LogP contribution in [0.2, 0.25) is 0 Å². The van der Waals surface area contributed by atoms with Crippen LogP contribution in [0, 0.1) is 12.8 Å². The first-order valence-corrected chi connectivity index (χ1v) is 11.5. The van der Waals surface area contributed by atoms with Gasteiger partial charge in [-0.1, -0.05) is 54.0 Å². The summed E-state index contributed by atoms with van der Waals surface area (Å²) in [6, 6.07) is 23.1. The number of rotatable bonds is 7. The van der Waals surface area contributed by atoms with Gasteiger partial charge in [0.15, 0.2) is 5.82 Å². The fourth-order valence-corrected chi connectivity index (χ4v) is 3.53. The lowest BCUT2D eigenvalue weighted by atomic mass is 10.1. The van der Waals surface area contributed by atoms with Crippen LogP contribution in [-0.4, -0.2) is 27.3 Å². The van der Waals surface area contributed by atoms with E-state index in [0.29, 0.717) is 35.6 Å². The molecule has 1 heterocycles. The molecule has 0 aliphatic rings. The number of anilines is 1. The Bertz CT molecular complexity index is 1250. The molecule has 33 heavy (non-hydrogen) atoms. The van der Waals surface area contributed by atoms with Gasteiger partial charge in [0, 0.05) is 21.3 Å². The minimum atomic E-state index is -0.166. The van der Waals surface area contributed by atoms with Crippen molar-refractivity contribution in [1.29, 1.82) is 0 Å². The van der Waals surface area contributed by atoms with Gasteiger partial charge >= 0.3 is 6.01 Å². The molecule has 0 unspecified atom stereocenters. The maximum Gasteiger partial charge on any atom is 0.336 e. The van der Waals surface area contributed by atoms with Gasteiger partial charge in [0.1, 0.15) is 0 Å². The zero-order valence-corrected chi connectivity index (χ0v) is 20.3. The summed E-state index contributed by atoms with van der Waals surface area (Å²) in [4.78, 5) is 17.2. The van der Waals surface area contributed by atoms with Gasteiger partial charge in [-0.2, -0.15) is 4.98 Å². The van der Waals surface area contributed by atoms with Crippen molar-refractivity contribution >= 4 is 27.5 Å². The van der Waals surface area contributed by atoms with E-state index in [4.69, 9.17) is 4.74 Å². The molecule has 1 aromatic heterocycles. The lowest BCUT2D eigenvalue weighted by molar-refractivity contribution is 0.102. The summed E-state index contributed by atoms with van der Waals surface area (Å²) in [5.74, 6) is 0.909. The van der Waals surface area contributed by atoms with Crippen LogP contribution in [0.4, 0.5) is 5.69 Å². The predicted molar refractivity (Wildman–Crippen MR) is 134 cm³/mol. The maximum absolute atomic E-state index is 12.5. The molecular weight excluding hydrogens is 480 g/mol. The zero-order valence-electron chi connectivity index (χ0n) is 18.7. The van der Waals surface area contributed by atoms with E-state index in [1.807, 2.05) is 67.6 Å². The molecule has 0 radical (unpaired) electrons. The minimum absolute atomic E-state index is 0.166. The van der Waals surface area contributed by atoms with Crippen molar-refractivity contribution in [2.24, 2.45) is 5.92 Å². The van der Waals surface area contributed by atoms with Gasteiger partial charge in [0.25, 0.3) is 5.91 Å². The lowest BCUT2D eigenvalue weighted by Gasteiger charge is -2.10. The smallest absolute Gasteiger partial charge is 0.336 e. The number of nitrogens with zero attached hydrogens (tertiary/aromatic N) is 3. The molecule has 7 heteroatoms. The molecule has 4 rings (SSSR count). The number of benzene rings is 3. The Labute approximate surface area is 201 Å². The fraction of sp³-hybridized carbons (Fsp3) is 0.192. The summed E-state index contributed by atoms with van der Waals surface area (Å²) in [6.45, 7) is 6.75. The number of aryl methyl sites for hydroxylation is 1. The number of amides is 1. The summed E-state index contributed by atoms with van der Waals surface area (Å²) in [5, 5.41) is 7.53. The molecule has 0 saturated heterocycles. The molecule has 1 N–H and O–H groups in total. The van der Waals surface area contributed by atoms with Crippen molar-refractivity contribution in [2.45, 2.75) is 20.8 Å². The van der Waals surface area contributed by atoms with Crippen LogP contribution in [0.5, 0.6) is 6.01 Å². The number of ether oxygens (including phenoxy) is 1. The first-order chi connectivity index (χ1) is 15.9. The topological polar surface area (TPSA) is 69.0 Å². The molecule has 0 spiro atoms. The van der Waals surface area contributed by atoms with E-state index >= 15 is 0 Å². The van der Waals surface area contributed by atoms with E-state index in [0.717, 1.165) is 21.3 Å². The van der Waals surface area contributed by atoms with Crippen LogP contribution in [0.25, 0.3) is 17.1 Å². The third-order valence-corrected chi connectivity index (χ3v) is 5.52. The van der Waals surface area contributed by atoms with Gasteiger partial charge in [0.05, 0.1) is 12.3 Å². The summed E-state index contributed by atoms with van der Waals surface area (Å²) >= 11 is 3.38. The summed E-state index contributed by atoms with van der Waals surface area (Å²) in [5.41, 5.74) is 4.19. The molecule has 0 saturated carbocycles. The van der Waals surface area contributed by atoms with E-state index in [9.17, 15) is 4.79 Å². The Balaban J connectivity index is 1.61. The first-order valence-electron chi connectivity index (χ1n) is 10.7. The Morgan fingerprint density at radius 3 is 2.39 bits per heavy atom. The highest BCUT2D eigenvalue weighted by Gasteiger charge is 2.17. The largest absolute Gasteiger partial charge is 0.462 e. The van der Waals surface area contributed by atoms with Crippen LogP contribution >= 0.6 is 15.9 Å². The number of halogens is 1. The van der Waals surface area contributed by atoms with Gasteiger partial charge in [0.2, 0.25) is 0 Å². The average molecular weight is 505 g/mol. The number of carbonyl (C=O) groups is 1. The third-order valence-electron chi connectivity index (χ3n) is 5.00. The number of hydrogen-bond donors (Lipinski definition) is 1. The summed E-state index contributed by atoms with van der Waals surface area (Å²) in [6.07, 6.45) is 0. The van der Waals surface area contributed by atoms with Crippen molar-refractivity contribution in [3.8, 4) is 23.1 Å².